The summed E-state index contributed by atoms with van der Waals surface area (Å²) in [4.78, 5) is 32.1. The highest BCUT2D eigenvalue weighted by molar-refractivity contribution is 6.00. The molecule has 4 unspecified atom stereocenters. The molecule has 0 aromatic carbocycles. The van der Waals surface area contributed by atoms with E-state index in [0.29, 0.717) is 23.8 Å². The molecule has 4 heterocycles. The molecule has 3 fully saturated rings. The lowest BCUT2D eigenvalue weighted by Crippen LogP contribution is -2.66. The Morgan fingerprint density at radius 2 is 1.89 bits per heavy atom. The average Bonchev–Trinajstić information content (AvgIpc) is 2.99. The molecule has 1 saturated heterocycles. The highest BCUT2D eigenvalue weighted by Gasteiger charge is 2.69. The van der Waals surface area contributed by atoms with E-state index in [0.717, 1.165) is 49.5 Å². The van der Waals surface area contributed by atoms with Crippen LogP contribution in [0.2, 0.25) is 0 Å². The molecule has 1 aliphatic heterocycles. The van der Waals surface area contributed by atoms with Gasteiger partial charge in [-0.25, -0.2) is 19.3 Å². The fraction of sp³-hybridized carbons (Fsp3) is 0.400. The van der Waals surface area contributed by atoms with Crippen LogP contribution in [0.25, 0.3) is 11.5 Å². The van der Waals surface area contributed by atoms with Crippen LogP contribution >= 0.6 is 0 Å². The molecule has 0 radical (unpaired) electrons. The first-order valence-electron chi connectivity index (χ1n) is 11.7. The number of pyridine rings is 2. The van der Waals surface area contributed by atoms with Crippen LogP contribution in [-0.4, -0.2) is 49.4 Å². The van der Waals surface area contributed by atoms with Gasteiger partial charge in [-0.3, -0.25) is 9.78 Å². The van der Waals surface area contributed by atoms with Crippen molar-refractivity contribution in [3.63, 3.8) is 0 Å². The fourth-order valence-electron chi connectivity index (χ4n) is 6.09. The predicted molar refractivity (Wildman–Crippen MR) is 121 cm³/mol. The van der Waals surface area contributed by atoms with Crippen LogP contribution < -0.4 is 5.32 Å². The molecular weight excluding hydrogens is 476 g/mol. The van der Waals surface area contributed by atoms with Crippen LogP contribution in [0.1, 0.15) is 40.7 Å². The topological polar surface area (TPSA) is 83.9 Å². The van der Waals surface area contributed by atoms with Crippen LogP contribution in [-0.2, 0) is 6.18 Å². The number of nitrogens with one attached hydrogen (secondary N) is 1. The van der Waals surface area contributed by atoms with Crippen molar-refractivity contribution in [3.05, 3.63) is 65.5 Å². The number of nitrogens with zero attached hydrogens (tertiary/aromatic N) is 5. The third-order valence-corrected chi connectivity index (χ3v) is 7.87. The predicted octanol–water partition coefficient (Wildman–Crippen LogP) is 4.51. The maximum atomic E-state index is 13.9. The molecule has 2 saturated carbocycles. The molecule has 3 aromatic heterocycles. The summed E-state index contributed by atoms with van der Waals surface area (Å²) in [6.07, 6.45) is 2.91. The first kappa shape index (κ1) is 22.8. The minimum atomic E-state index is -4.45. The molecule has 186 valence electrons. The monoisotopic (exact) mass is 498 g/mol. The number of alkyl halides is 3. The van der Waals surface area contributed by atoms with Gasteiger partial charge < -0.3 is 10.2 Å². The Bertz CT molecular complexity index is 1330. The first-order chi connectivity index (χ1) is 17.2. The Hall–Kier alpha value is -3.63. The lowest BCUT2D eigenvalue weighted by atomic mass is 9.47. The van der Waals surface area contributed by atoms with Crippen molar-refractivity contribution in [2.75, 3.05) is 11.9 Å². The molecule has 1 amide bonds. The van der Waals surface area contributed by atoms with Gasteiger partial charge in [0.05, 0.1) is 29.6 Å². The second-order valence-electron chi connectivity index (χ2n) is 9.89. The second-order valence-corrected chi connectivity index (χ2v) is 9.89. The summed E-state index contributed by atoms with van der Waals surface area (Å²) in [6, 6.07) is 3.81. The van der Waals surface area contributed by atoms with Crippen LogP contribution in [0.15, 0.2) is 43.0 Å². The Morgan fingerprint density at radius 3 is 2.53 bits per heavy atom. The van der Waals surface area contributed by atoms with Crippen molar-refractivity contribution in [1.82, 2.24) is 24.8 Å². The SMILES string of the molecule is Cc1cnc(-c2ncc(F)cn2)c(C(=O)N2CC3CCC34CC(Nc3ccc(C(F)(F)F)cn3)C24)c1. The number of halogens is 4. The highest BCUT2D eigenvalue weighted by atomic mass is 19.4. The zero-order chi connectivity index (χ0) is 25.2. The number of aryl methyl sites for hydroxylation is 1. The zero-order valence-corrected chi connectivity index (χ0v) is 19.3. The average molecular weight is 498 g/mol. The molecular formula is C25H22F4N6O. The summed E-state index contributed by atoms with van der Waals surface area (Å²) in [5.74, 6) is 0.0923. The van der Waals surface area contributed by atoms with E-state index in [1.54, 1.807) is 12.3 Å². The third-order valence-electron chi connectivity index (χ3n) is 7.87. The summed E-state index contributed by atoms with van der Waals surface area (Å²) in [5, 5.41) is 3.25. The van der Waals surface area contributed by atoms with Gasteiger partial charge in [0.2, 0.25) is 0 Å². The number of aromatic nitrogens is 4. The minimum Gasteiger partial charge on any atom is -0.365 e. The minimum absolute atomic E-state index is 0.0169. The number of amides is 1. The Balaban J connectivity index is 1.29. The van der Waals surface area contributed by atoms with Crippen molar-refractivity contribution < 1.29 is 22.4 Å². The van der Waals surface area contributed by atoms with Crippen molar-refractivity contribution >= 4 is 11.7 Å². The largest absolute Gasteiger partial charge is 0.417 e. The van der Waals surface area contributed by atoms with Gasteiger partial charge in [0.25, 0.3) is 5.91 Å². The molecule has 2 aliphatic carbocycles. The summed E-state index contributed by atoms with van der Waals surface area (Å²) in [6.45, 7) is 2.43. The molecule has 3 aliphatic rings. The highest BCUT2D eigenvalue weighted by Crippen LogP contribution is 2.66. The maximum Gasteiger partial charge on any atom is 0.417 e. The van der Waals surface area contributed by atoms with Gasteiger partial charge in [-0.05, 0) is 61.3 Å². The molecule has 4 atom stereocenters. The van der Waals surface area contributed by atoms with Crippen LogP contribution in [0.5, 0.6) is 0 Å². The third kappa shape index (κ3) is 3.51. The molecule has 1 N–H and O–H groups in total. The van der Waals surface area contributed by atoms with Crippen molar-refractivity contribution in [1.29, 1.82) is 0 Å². The molecule has 3 aromatic rings. The standard InChI is InChI=1S/C25H22F4N6O/c1-13-6-17(20(31-8-13)22-32-10-16(26)11-33-22)23(36)35-12-15-4-5-24(15)7-18(21(24)35)34-19-3-2-14(9-30-19)25(27,28)29/h2-3,6,8-11,15,18,21H,4-5,7,12H2,1H3,(H,30,34). The van der Waals surface area contributed by atoms with Gasteiger partial charge in [-0.1, -0.05) is 0 Å². The molecule has 0 bridgehead atoms. The first-order valence-corrected chi connectivity index (χ1v) is 11.7. The number of hydrogen-bond acceptors (Lipinski definition) is 6. The number of likely N-dealkylation sites (tertiary alicyclic amines) is 1. The summed E-state index contributed by atoms with van der Waals surface area (Å²) in [5.41, 5.74) is 0.627. The van der Waals surface area contributed by atoms with Gasteiger partial charge in [0.1, 0.15) is 11.5 Å². The summed E-state index contributed by atoms with van der Waals surface area (Å²) in [7, 11) is 0. The number of anilines is 1. The number of carbonyl (C=O) groups excluding carboxylic acids is 1. The van der Waals surface area contributed by atoms with Gasteiger partial charge in [-0.2, -0.15) is 13.2 Å². The lowest BCUT2D eigenvalue weighted by Gasteiger charge is -2.60. The smallest absolute Gasteiger partial charge is 0.365 e. The number of hydrogen-bond donors (Lipinski definition) is 1. The fourth-order valence-corrected chi connectivity index (χ4v) is 6.09. The van der Waals surface area contributed by atoms with Crippen LogP contribution in [0.4, 0.5) is 23.4 Å². The second kappa shape index (κ2) is 7.94. The van der Waals surface area contributed by atoms with E-state index in [1.165, 1.54) is 6.07 Å². The molecule has 11 heteroatoms. The van der Waals surface area contributed by atoms with E-state index >= 15 is 0 Å². The zero-order valence-electron chi connectivity index (χ0n) is 19.3. The number of carbonyl (C=O) groups is 1. The molecule has 36 heavy (non-hydrogen) atoms. The van der Waals surface area contributed by atoms with E-state index in [-0.39, 0.29) is 34.9 Å². The van der Waals surface area contributed by atoms with E-state index in [9.17, 15) is 22.4 Å². The van der Waals surface area contributed by atoms with E-state index in [1.807, 2.05) is 11.8 Å². The molecule has 1 spiro atoms. The Kier molecular flexibility index (Phi) is 5.03. The Labute approximate surface area is 204 Å². The normalized spacial score (nSPS) is 26.5. The van der Waals surface area contributed by atoms with Gasteiger partial charge in [0.15, 0.2) is 11.6 Å². The molecule has 7 nitrogen and oxygen atoms in total. The number of rotatable bonds is 4. The van der Waals surface area contributed by atoms with Crippen LogP contribution in [0, 0.1) is 24.1 Å². The lowest BCUT2D eigenvalue weighted by molar-refractivity contribution is -0.137. The van der Waals surface area contributed by atoms with E-state index in [2.05, 4.69) is 25.3 Å². The Morgan fingerprint density at radius 1 is 1.11 bits per heavy atom. The molecule has 6 rings (SSSR count). The van der Waals surface area contributed by atoms with E-state index < -0.39 is 17.6 Å². The van der Waals surface area contributed by atoms with E-state index in [4.69, 9.17) is 0 Å². The van der Waals surface area contributed by atoms with Crippen molar-refractivity contribution in [3.8, 4) is 11.5 Å². The summed E-state index contributed by atoms with van der Waals surface area (Å²) >= 11 is 0. The summed E-state index contributed by atoms with van der Waals surface area (Å²) < 4.78 is 52.1. The van der Waals surface area contributed by atoms with Crippen LogP contribution in [0.3, 0.4) is 0 Å². The van der Waals surface area contributed by atoms with Gasteiger partial charge >= 0.3 is 6.18 Å². The van der Waals surface area contributed by atoms with Crippen molar-refractivity contribution in [2.45, 2.75) is 44.4 Å². The van der Waals surface area contributed by atoms with Crippen molar-refractivity contribution in [2.24, 2.45) is 11.3 Å². The quantitative estimate of drug-likeness (QED) is 0.533. The van der Waals surface area contributed by atoms with Gasteiger partial charge in [0, 0.05) is 25.0 Å². The van der Waals surface area contributed by atoms with Gasteiger partial charge in [-0.15, -0.1) is 0 Å². The maximum absolute atomic E-state index is 13.9.